The van der Waals surface area contributed by atoms with E-state index in [1.54, 1.807) is 60.9 Å². The van der Waals surface area contributed by atoms with Gasteiger partial charge in [-0.05, 0) is 42.0 Å². The smallest absolute Gasteiger partial charge is 0.259 e. The molecule has 0 saturated heterocycles. The molecular weight excluding hydrogens is 409 g/mol. The quantitative estimate of drug-likeness (QED) is 0.560. The highest BCUT2D eigenvalue weighted by atomic mass is 35.5. The second kappa shape index (κ2) is 9.55. The van der Waals surface area contributed by atoms with E-state index in [0.717, 1.165) is 5.56 Å². The molecule has 0 saturated carbocycles. The van der Waals surface area contributed by atoms with Gasteiger partial charge in [-0.25, -0.2) is 4.98 Å². The summed E-state index contributed by atoms with van der Waals surface area (Å²) in [6.07, 6.45) is 4.96. The van der Waals surface area contributed by atoms with Crippen molar-refractivity contribution in [2.45, 2.75) is 6.54 Å². The Morgan fingerprint density at radius 1 is 1.15 bits per heavy atom. The number of carbonyl (C=O) groups excluding carboxylic acids is 1. The van der Waals surface area contributed by atoms with Gasteiger partial charge >= 0.3 is 0 Å². The number of amides is 1. The summed E-state index contributed by atoms with van der Waals surface area (Å²) in [6, 6.07) is 11.9. The molecule has 3 rings (SSSR count). The number of hydrogen-bond acceptors (Lipinski definition) is 4. The van der Waals surface area contributed by atoms with Crippen LogP contribution in [0.3, 0.4) is 0 Å². The molecule has 140 valence electrons. The van der Waals surface area contributed by atoms with Crippen LogP contribution in [-0.4, -0.2) is 27.8 Å². The summed E-state index contributed by atoms with van der Waals surface area (Å²) < 4.78 is 5.76. The molecule has 2 heterocycles. The molecule has 0 spiro atoms. The van der Waals surface area contributed by atoms with Crippen LogP contribution in [-0.2, 0) is 6.54 Å². The Hall–Kier alpha value is -2.34. The first-order chi connectivity index (χ1) is 12.5. The maximum absolute atomic E-state index is 12.8. The summed E-state index contributed by atoms with van der Waals surface area (Å²) in [5.41, 5.74) is 1.26. The van der Waals surface area contributed by atoms with Crippen LogP contribution in [0.15, 0.2) is 61.1 Å². The molecule has 8 heteroatoms. The normalized spacial score (nSPS) is 10.0. The molecule has 0 aliphatic rings. The molecule has 1 amide bonds. The lowest BCUT2D eigenvalue weighted by Crippen LogP contribution is -2.26. The van der Waals surface area contributed by atoms with Crippen molar-refractivity contribution in [2.75, 3.05) is 7.05 Å². The molecule has 0 N–H and O–H groups in total. The second-order valence-corrected chi connectivity index (χ2v) is 6.40. The highest BCUT2D eigenvalue weighted by Gasteiger charge is 2.19. The highest BCUT2D eigenvalue weighted by molar-refractivity contribution is 6.35. The van der Waals surface area contributed by atoms with Crippen molar-refractivity contribution in [3.63, 3.8) is 0 Å². The van der Waals surface area contributed by atoms with Crippen LogP contribution in [0.5, 0.6) is 11.6 Å². The van der Waals surface area contributed by atoms with Crippen LogP contribution in [0.2, 0.25) is 10.0 Å². The molecular formula is C19H16Cl3N3O2. The van der Waals surface area contributed by atoms with Crippen molar-refractivity contribution in [2.24, 2.45) is 0 Å². The van der Waals surface area contributed by atoms with Crippen LogP contribution in [0, 0.1) is 0 Å². The standard InChI is InChI=1S/C19H15Cl2N3O2.ClH/c1-24(12-13-4-2-8-22-11-13)19(25)15-5-3-9-23-18(15)26-17-7-6-14(20)10-16(17)21;/h2-11H,12H2,1H3;1H. The van der Waals surface area contributed by atoms with Crippen molar-refractivity contribution in [3.05, 3.63) is 82.2 Å². The molecule has 0 radical (unpaired) electrons. The summed E-state index contributed by atoms with van der Waals surface area (Å²) in [6.45, 7) is 0.419. The molecule has 2 aromatic heterocycles. The van der Waals surface area contributed by atoms with Crippen molar-refractivity contribution < 1.29 is 9.53 Å². The van der Waals surface area contributed by atoms with Crippen LogP contribution in [0.1, 0.15) is 15.9 Å². The van der Waals surface area contributed by atoms with Crippen LogP contribution in [0.4, 0.5) is 0 Å². The van der Waals surface area contributed by atoms with Gasteiger partial charge in [0, 0.05) is 37.2 Å². The maximum Gasteiger partial charge on any atom is 0.259 e. The van der Waals surface area contributed by atoms with Gasteiger partial charge < -0.3 is 9.64 Å². The van der Waals surface area contributed by atoms with Gasteiger partial charge in [0.2, 0.25) is 5.88 Å². The number of rotatable bonds is 5. The van der Waals surface area contributed by atoms with Crippen LogP contribution < -0.4 is 4.74 Å². The largest absolute Gasteiger partial charge is 0.437 e. The number of benzene rings is 1. The second-order valence-electron chi connectivity index (χ2n) is 5.56. The molecule has 27 heavy (non-hydrogen) atoms. The van der Waals surface area contributed by atoms with Gasteiger partial charge in [-0.2, -0.15) is 0 Å². The van der Waals surface area contributed by atoms with Crippen LogP contribution in [0.25, 0.3) is 0 Å². The SMILES string of the molecule is CN(Cc1cccnc1)C(=O)c1cccnc1Oc1ccc(Cl)cc1Cl.Cl. The number of aromatic nitrogens is 2. The summed E-state index contributed by atoms with van der Waals surface area (Å²) >= 11 is 12.0. The fourth-order valence-electron chi connectivity index (χ4n) is 2.34. The van der Waals surface area contributed by atoms with E-state index in [1.807, 2.05) is 12.1 Å². The zero-order valence-electron chi connectivity index (χ0n) is 14.3. The predicted octanol–water partition coefficient (Wildman–Crippen LogP) is 5.27. The van der Waals surface area contributed by atoms with Crippen molar-refractivity contribution in [1.82, 2.24) is 14.9 Å². The number of nitrogens with zero attached hydrogens (tertiary/aromatic N) is 3. The van der Waals surface area contributed by atoms with E-state index in [1.165, 1.54) is 0 Å². The molecule has 0 unspecified atom stereocenters. The Labute approximate surface area is 173 Å². The molecule has 0 atom stereocenters. The average Bonchev–Trinajstić information content (AvgIpc) is 2.64. The van der Waals surface area contributed by atoms with E-state index in [0.29, 0.717) is 27.9 Å². The fourth-order valence-corrected chi connectivity index (χ4v) is 2.79. The van der Waals surface area contributed by atoms with Gasteiger partial charge in [-0.15, -0.1) is 12.4 Å². The Balaban J connectivity index is 0.00000261. The lowest BCUT2D eigenvalue weighted by atomic mass is 10.2. The first-order valence-corrected chi connectivity index (χ1v) is 8.52. The zero-order valence-corrected chi connectivity index (χ0v) is 16.6. The van der Waals surface area contributed by atoms with Gasteiger partial charge in [0.15, 0.2) is 0 Å². The molecule has 5 nitrogen and oxygen atoms in total. The third-order valence-electron chi connectivity index (χ3n) is 3.59. The summed E-state index contributed by atoms with van der Waals surface area (Å²) in [5, 5.41) is 0.834. The zero-order chi connectivity index (χ0) is 18.5. The molecule has 0 aliphatic heterocycles. The topological polar surface area (TPSA) is 55.3 Å². The van der Waals surface area contributed by atoms with Crippen molar-refractivity contribution in [3.8, 4) is 11.6 Å². The average molecular weight is 425 g/mol. The van der Waals surface area contributed by atoms with Crippen molar-refractivity contribution >= 4 is 41.5 Å². The van der Waals surface area contributed by atoms with Gasteiger partial charge in [0.1, 0.15) is 11.3 Å². The molecule has 0 fully saturated rings. The number of pyridine rings is 2. The van der Waals surface area contributed by atoms with E-state index in [4.69, 9.17) is 27.9 Å². The highest BCUT2D eigenvalue weighted by Crippen LogP contribution is 2.32. The first-order valence-electron chi connectivity index (χ1n) is 7.77. The first kappa shape index (κ1) is 21.0. The Bertz CT molecular complexity index is 923. The van der Waals surface area contributed by atoms with E-state index < -0.39 is 0 Å². The number of ether oxygens (including phenoxy) is 1. The van der Waals surface area contributed by atoms with Gasteiger partial charge in [0.25, 0.3) is 5.91 Å². The lowest BCUT2D eigenvalue weighted by molar-refractivity contribution is 0.0781. The Kier molecular flexibility index (Phi) is 7.42. The lowest BCUT2D eigenvalue weighted by Gasteiger charge is -2.18. The van der Waals surface area contributed by atoms with E-state index >= 15 is 0 Å². The molecule has 1 aromatic carbocycles. The van der Waals surface area contributed by atoms with Crippen molar-refractivity contribution in [1.29, 1.82) is 0 Å². The minimum atomic E-state index is -0.220. The minimum absolute atomic E-state index is 0. The van der Waals surface area contributed by atoms with Gasteiger partial charge in [-0.1, -0.05) is 29.3 Å². The van der Waals surface area contributed by atoms with E-state index in [2.05, 4.69) is 9.97 Å². The maximum atomic E-state index is 12.8. The summed E-state index contributed by atoms with van der Waals surface area (Å²) in [5.74, 6) is 0.334. The Morgan fingerprint density at radius 3 is 2.63 bits per heavy atom. The predicted molar refractivity (Wildman–Crippen MR) is 108 cm³/mol. The summed E-state index contributed by atoms with van der Waals surface area (Å²) in [4.78, 5) is 22.6. The van der Waals surface area contributed by atoms with Crippen LogP contribution >= 0.6 is 35.6 Å². The molecule has 0 bridgehead atoms. The van der Waals surface area contributed by atoms with E-state index in [-0.39, 0.29) is 24.2 Å². The number of hydrogen-bond donors (Lipinski definition) is 0. The number of halogens is 3. The monoisotopic (exact) mass is 423 g/mol. The van der Waals surface area contributed by atoms with Gasteiger partial charge in [-0.3, -0.25) is 9.78 Å². The fraction of sp³-hybridized carbons (Fsp3) is 0.105. The minimum Gasteiger partial charge on any atom is -0.437 e. The summed E-state index contributed by atoms with van der Waals surface area (Å²) in [7, 11) is 1.71. The third-order valence-corrected chi connectivity index (χ3v) is 4.12. The third kappa shape index (κ3) is 5.32. The number of carbonyl (C=O) groups is 1. The molecule has 3 aromatic rings. The molecule has 0 aliphatic carbocycles. The Morgan fingerprint density at radius 2 is 1.93 bits per heavy atom. The van der Waals surface area contributed by atoms with Gasteiger partial charge in [0.05, 0.1) is 5.02 Å². The van der Waals surface area contributed by atoms with E-state index in [9.17, 15) is 4.79 Å².